The van der Waals surface area contributed by atoms with Crippen molar-refractivity contribution in [3.05, 3.63) is 41.0 Å². The molecule has 2 nitrogen and oxygen atoms in total. The van der Waals surface area contributed by atoms with Crippen LogP contribution in [0, 0.1) is 12.8 Å². The third kappa shape index (κ3) is 6.23. The minimum atomic E-state index is 0.714. The first kappa shape index (κ1) is 18.8. The monoisotopic (exact) mass is 302 g/mol. The lowest BCUT2D eigenvalue weighted by Gasteiger charge is -2.16. The number of aryl methyl sites for hydroxylation is 1. The number of allylic oxidation sites excluding steroid dienone is 2. The van der Waals surface area contributed by atoms with E-state index in [2.05, 4.69) is 57.3 Å². The lowest BCUT2D eigenvalue weighted by atomic mass is 9.92. The molecule has 1 unspecified atom stereocenters. The standard InChI is InChI=1S/C20H34N2/c1-5-8-16(3)18(6-2)9-7-14-22-20-11-10-17(4)19(15-20)12-13-21/h8,10-11,15,18,22H,5-7,9,12-14,21H2,1-4H3/b16-8-. The molecule has 124 valence electrons. The molecule has 1 atom stereocenters. The van der Waals surface area contributed by atoms with Gasteiger partial charge in [-0.05, 0) is 81.7 Å². The van der Waals surface area contributed by atoms with Crippen molar-refractivity contribution in [2.24, 2.45) is 11.7 Å². The molecule has 0 saturated carbocycles. The third-order valence-electron chi connectivity index (χ3n) is 4.48. The molecule has 1 aromatic carbocycles. The highest BCUT2D eigenvalue weighted by molar-refractivity contribution is 5.48. The SMILES string of the molecule is CC/C=C(/C)C(CC)CCCNc1ccc(C)c(CCN)c1. The van der Waals surface area contributed by atoms with Gasteiger partial charge in [-0.25, -0.2) is 0 Å². The van der Waals surface area contributed by atoms with Gasteiger partial charge in [-0.1, -0.05) is 31.6 Å². The summed E-state index contributed by atoms with van der Waals surface area (Å²) in [6, 6.07) is 6.62. The Balaban J connectivity index is 2.44. The highest BCUT2D eigenvalue weighted by Gasteiger charge is 2.07. The van der Waals surface area contributed by atoms with E-state index in [0.717, 1.165) is 25.3 Å². The molecule has 0 fully saturated rings. The fourth-order valence-electron chi connectivity index (χ4n) is 3.03. The van der Waals surface area contributed by atoms with E-state index in [-0.39, 0.29) is 0 Å². The van der Waals surface area contributed by atoms with Gasteiger partial charge < -0.3 is 11.1 Å². The van der Waals surface area contributed by atoms with Crippen molar-refractivity contribution in [2.75, 3.05) is 18.4 Å². The number of benzene rings is 1. The van der Waals surface area contributed by atoms with E-state index >= 15 is 0 Å². The smallest absolute Gasteiger partial charge is 0.0343 e. The predicted octanol–water partition coefficient (Wildman–Crippen LogP) is 5.07. The quantitative estimate of drug-likeness (QED) is 0.468. The third-order valence-corrected chi connectivity index (χ3v) is 4.48. The minimum Gasteiger partial charge on any atom is -0.385 e. The fourth-order valence-corrected chi connectivity index (χ4v) is 3.03. The van der Waals surface area contributed by atoms with Crippen molar-refractivity contribution < 1.29 is 0 Å². The Morgan fingerprint density at radius 1 is 1.32 bits per heavy atom. The van der Waals surface area contributed by atoms with Crippen LogP contribution >= 0.6 is 0 Å². The van der Waals surface area contributed by atoms with Crippen molar-refractivity contribution in [3.63, 3.8) is 0 Å². The number of nitrogens with two attached hydrogens (primary N) is 1. The Labute approximate surface area is 137 Å². The maximum Gasteiger partial charge on any atom is 0.0343 e. The molecule has 1 rings (SSSR count). The number of hydrogen-bond acceptors (Lipinski definition) is 2. The molecule has 3 N–H and O–H groups in total. The molecule has 1 aromatic rings. The first-order valence-electron chi connectivity index (χ1n) is 8.82. The van der Waals surface area contributed by atoms with Crippen molar-refractivity contribution >= 4 is 5.69 Å². The highest BCUT2D eigenvalue weighted by Crippen LogP contribution is 2.21. The number of anilines is 1. The van der Waals surface area contributed by atoms with Crippen LogP contribution in [-0.2, 0) is 6.42 Å². The highest BCUT2D eigenvalue weighted by atomic mass is 14.9. The van der Waals surface area contributed by atoms with Gasteiger partial charge >= 0.3 is 0 Å². The van der Waals surface area contributed by atoms with Gasteiger partial charge in [0.1, 0.15) is 0 Å². The Hall–Kier alpha value is -1.28. The lowest BCUT2D eigenvalue weighted by Crippen LogP contribution is -2.08. The summed E-state index contributed by atoms with van der Waals surface area (Å²) in [5.74, 6) is 0.743. The largest absolute Gasteiger partial charge is 0.385 e. The van der Waals surface area contributed by atoms with Crippen LogP contribution in [0.3, 0.4) is 0 Å². The molecule has 0 aliphatic heterocycles. The zero-order chi connectivity index (χ0) is 16.4. The second kappa shape index (κ2) is 10.4. The number of rotatable bonds is 10. The lowest BCUT2D eigenvalue weighted by molar-refractivity contribution is 0.526. The zero-order valence-corrected chi connectivity index (χ0v) is 14.9. The molecule has 0 aromatic heterocycles. The van der Waals surface area contributed by atoms with E-state index in [9.17, 15) is 0 Å². The Morgan fingerprint density at radius 2 is 2.09 bits per heavy atom. The van der Waals surface area contributed by atoms with E-state index in [0.29, 0.717) is 6.54 Å². The molecular weight excluding hydrogens is 268 g/mol. The summed E-state index contributed by atoms with van der Waals surface area (Å²) in [6.45, 7) is 10.7. The molecule has 0 aliphatic rings. The Morgan fingerprint density at radius 3 is 2.73 bits per heavy atom. The second-order valence-electron chi connectivity index (χ2n) is 6.21. The number of nitrogens with one attached hydrogen (secondary N) is 1. The minimum absolute atomic E-state index is 0.714. The van der Waals surface area contributed by atoms with Gasteiger partial charge in [0.25, 0.3) is 0 Å². The van der Waals surface area contributed by atoms with Crippen molar-refractivity contribution in [2.45, 2.75) is 59.8 Å². The maximum absolute atomic E-state index is 5.68. The van der Waals surface area contributed by atoms with Crippen LogP contribution in [0.2, 0.25) is 0 Å². The van der Waals surface area contributed by atoms with E-state index in [1.807, 2.05) is 0 Å². The summed E-state index contributed by atoms with van der Waals surface area (Å²) in [5.41, 5.74) is 11.2. The molecule has 22 heavy (non-hydrogen) atoms. The van der Waals surface area contributed by atoms with Gasteiger partial charge in [-0.3, -0.25) is 0 Å². The maximum atomic E-state index is 5.68. The average molecular weight is 303 g/mol. The van der Waals surface area contributed by atoms with Gasteiger partial charge in [-0.15, -0.1) is 0 Å². The van der Waals surface area contributed by atoms with Gasteiger partial charge in [-0.2, -0.15) is 0 Å². The molecule has 0 bridgehead atoms. The molecule has 0 radical (unpaired) electrons. The second-order valence-corrected chi connectivity index (χ2v) is 6.21. The topological polar surface area (TPSA) is 38.0 Å². The predicted molar refractivity (Wildman–Crippen MR) is 99.5 cm³/mol. The molecule has 2 heteroatoms. The van der Waals surface area contributed by atoms with Gasteiger partial charge in [0.15, 0.2) is 0 Å². The zero-order valence-electron chi connectivity index (χ0n) is 14.9. The van der Waals surface area contributed by atoms with Gasteiger partial charge in [0, 0.05) is 12.2 Å². The Bertz CT molecular complexity index is 463. The summed E-state index contributed by atoms with van der Waals surface area (Å²) in [4.78, 5) is 0. The van der Waals surface area contributed by atoms with Gasteiger partial charge in [0.05, 0.1) is 0 Å². The van der Waals surface area contributed by atoms with E-state index in [1.165, 1.54) is 36.1 Å². The van der Waals surface area contributed by atoms with E-state index < -0.39 is 0 Å². The summed E-state index contributed by atoms with van der Waals surface area (Å²) in [6.07, 6.45) is 8.21. The molecule has 0 aliphatic carbocycles. The molecule has 0 saturated heterocycles. The summed E-state index contributed by atoms with van der Waals surface area (Å²) in [5, 5.41) is 3.56. The van der Waals surface area contributed by atoms with Crippen LogP contribution in [0.25, 0.3) is 0 Å². The van der Waals surface area contributed by atoms with Crippen LogP contribution < -0.4 is 11.1 Å². The van der Waals surface area contributed by atoms with Gasteiger partial charge in [0.2, 0.25) is 0 Å². The van der Waals surface area contributed by atoms with Crippen LogP contribution in [0.1, 0.15) is 57.6 Å². The summed E-state index contributed by atoms with van der Waals surface area (Å²) in [7, 11) is 0. The van der Waals surface area contributed by atoms with E-state index in [4.69, 9.17) is 5.73 Å². The van der Waals surface area contributed by atoms with Crippen molar-refractivity contribution in [1.29, 1.82) is 0 Å². The molecule has 0 spiro atoms. The van der Waals surface area contributed by atoms with Crippen molar-refractivity contribution in [1.82, 2.24) is 0 Å². The summed E-state index contributed by atoms with van der Waals surface area (Å²) < 4.78 is 0. The molecular formula is C20H34N2. The average Bonchev–Trinajstić information content (AvgIpc) is 2.50. The normalized spacial score (nSPS) is 13.2. The fraction of sp³-hybridized carbons (Fsp3) is 0.600. The molecule has 0 amide bonds. The van der Waals surface area contributed by atoms with Crippen LogP contribution in [-0.4, -0.2) is 13.1 Å². The molecule has 0 heterocycles. The van der Waals surface area contributed by atoms with Crippen LogP contribution in [0.5, 0.6) is 0 Å². The van der Waals surface area contributed by atoms with E-state index in [1.54, 1.807) is 5.57 Å². The van der Waals surface area contributed by atoms with Crippen LogP contribution in [0.4, 0.5) is 5.69 Å². The first-order valence-corrected chi connectivity index (χ1v) is 8.82. The Kier molecular flexibility index (Phi) is 8.91. The van der Waals surface area contributed by atoms with Crippen LogP contribution in [0.15, 0.2) is 29.8 Å². The van der Waals surface area contributed by atoms with Crippen molar-refractivity contribution in [3.8, 4) is 0 Å². The number of hydrogen-bond donors (Lipinski definition) is 2. The first-order chi connectivity index (χ1) is 10.6. The summed E-state index contributed by atoms with van der Waals surface area (Å²) >= 11 is 0.